The van der Waals surface area contributed by atoms with Crippen molar-refractivity contribution in [3.8, 4) is 0 Å². The summed E-state index contributed by atoms with van der Waals surface area (Å²) in [6.07, 6.45) is 4.99. The van der Waals surface area contributed by atoms with Crippen molar-refractivity contribution < 1.29 is 14.0 Å². The molecule has 1 aromatic rings. The molecule has 1 aromatic heterocycles. The summed E-state index contributed by atoms with van der Waals surface area (Å²) in [7, 11) is 0. The van der Waals surface area contributed by atoms with Crippen LogP contribution in [0.4, 0.5) is 0 Å². The van der Waals surface area contributed by atoms with Crippen molar-refractivity contribution in [2.45, 2.75) is 32.2 Å². The summed E-state index contributed by atoms with van der Waals surface area (Å²) >= 11 is 0. The lowest BCUT2D eigenvalue weighted by atomic mass is 10.2. The highest BCUT2D eigenvalue weighted by atomic mass is 16.3. The number of carbonyl (C=O) groups is 2. The van der Waals surface area contributed by atoms with Gasteiger partial charge in [-0.1, -0.05) is 6.42 Å². The minimum atomic E-state index is -0.402. The van der Waals surface area contributed by atoms with E-state index in [-0.39, 0.29) is 5.91 Å². The first-order chi connectivity index (χ1) is 8.72. The molecule has 1 saturated heterocycles. The summed E-state index contributed by atoms with van der Waals surface area (Å²) in [6, 6.07) is 1.56. The second kappa shape index (κ2) is 5.68. The molecule has 0 aromatic carbocycles. The SMILES string of the molecule is NNC(=O)c1ccoc1CN1CCCCCC1=O. The Bertz CT molecular complexity index is 442. The van der Waals surface area contributed by atoms with Gasteiger partial charge in [0, 0.05) is 13.0 Å². The number of hydrogen-bond donors (Lipinski definition) is 2. The fourth-order valence-electron chi connectivity index (χ4n) is 2.12. The van der Waals surface area contributed by atoms with E-state index in [0.29, 0.717) is 30.8 Å². The van der Waals surface area contributed by atoms with Crippen LogP contribution >= 0.6 is 0 Å². The number of likely N-dealkylation sites (tertiary alicyclic amines) is 1. The predicted octanol–water partition coefficient (Wildman–Crippen LogP) is 0.786. The maximum atomic E-state index is 11.9. The number of carbonyl (C=O) groups excluding carboxylic acids is 2. The molecule has 6 heteroatoms. The van der Waals surface area contributed by atoms with E-state index in [1.807, 2.05) is 0 Å². The van der Waals surface area contributed by atoms with Crippen LogP contribution in [0, 0.1) is 0 Å². The number of rotatable bonds is 3. The molecule has 6 nitrogen and oxygen atoms in total. The van der Waals surface area contributed by atoms with Crippen LogP contribution in [0.5, 0.6) is 0 Å². The summed E-state index contributed by atoms with van der Waals surface area (Å²) in [4.78, 5) is 25.1. The van der Waals surface area contributed by atoms with Gasteiger partial charge in [-0.2, -0.15) is 0 Å². The van der Waals surface area contributed by atoms with Crippen molar-refractivity contribution in [1.82, 2.24) is 10.3 Å². The molecule has 2 amide bonds. The van der Waals surface area contributed by atoms with Gasteiger partial charge in [0.05, 0.1) is 18.4 Å². The molecule has 0 unspecified atom stereocenters. The number of amides is 2. The largest absolute Gasteiger partial charge is 0.467 e. The Morgan fingerprint density at radius 3 is 3.06 bits per heavy atom. The molecule has 0 bridgehead atoms. The van der Waals surface area contributed by atoms with Gasteiger partial charge in [0.2, 0.25) is 5.91 Å². The summed E-state index contributed by atoms with van der Waals surface area (Å²) in [5, 5.41) is 0. The third kappa shape index (κ3) is 2.70. The number of nitrogens with one attached hydrogen (secondary N) is 1. The number of nitrogens with zero attached hydrogens (tertiary/aromatic N) is 1. The zero-order chi connectivity index (χ0) is 13.0. The molecule has 0 saturated carbocycles. The number of hydrazine groups is 1. The number of hydrogen-bond acceptors (Lipinski definition) is 4. The van der Waals surface area contributed by atoms with Crippen LogP contribution in [0.3, 0.4) is 0 Å². The smallest absolute Gasteiger partial charge is 0.268 e. The Morgan fingerprint density at radius 2 is 2.28 bits per heavy atom. The third-order valence-corrected chi connectivity index (χ3v) is 3.13. The van der Waals surface area contributed by atoms with Gasteiger partial charge < -0.3 is 9.32 Å². The lowest BCUT2D eigenvalue weighted by Gasteiger charge is -2.19. The van der Waals surface area contributed by atoms with E-state index in [2.05, 4.69) is 5.43 Å². The van der Waals surface area contributed by atoms with E-state index in [1.54, 1.807) is 11.0 Å². The standard InChI is InChI=1S/C12H17N3O3/c13-14-12(17)9-5-7-18-10(9)8-15-6-3-1-2-4-11(15)16/h5,7H,1-4,6,8,13H2,(H,14,17). The first-order valence-corrected chi connectivity index (χ1v) is 6.07. The predicted molar refractivity (Wildman–Crippen MR) is 64.2 cm³/mol. The molecule has 98 valence electrons. The van der Waals surface area contributed by atoms with E-state index in [0.717, 1.165) is 19.3 Å². The molecule has 3 N–H and O–H groups in total. The minimum Gasteiger partial charge on any atom is -0.467 e. The van der Waals surface area contributed by atoms with Crippen molar-refractivity contribution >= 4 is 11.8 Å². The van der Waals surface area contributed by atoms with E-state index < -0.39 is 5.91 Å². The lowest BCUT2D eigenvalue weighted by Crippen LogP contribution is -2.33. The second-order valence-corrected chi connectivity index (χ2v) is 4.36. The van der Waals surface area contributed by atoms with Gasteiger partial charge in [0.25, 0.3) is 5.91 Å². The highest BCUT2D eigenvalue weighted by molar-refractivity contribution is 5.94. The van der Waals surface area contributed by atoms with Gasteiger partial charge >= 0.3 is 0 Å². The van der Waals surface area contributed by atoms with Crippen molar-refractivity contribution in [2.24, 2.45) is 5.84 Å². The average molecular weight is 251 g/mol. The van der Waals surface area contributed by atoms with Crippen LogP contribution in [0.25, 0.3) is 0 Å². The molecule has 0 radical (unpaired) electrons. The topological polar surface area (TPSA) is 88.6 Å². The first-order valence-electron chi connectivity index (χ1n) is 6.07. The van der Waals surface area contributed by atoms with Crippen LogP contribution in [-0.4, -0.2) is 23.3 Å². The highest BCUT2D eigenvalue weighted by Crippen LogP contribution is 2.17. The molecule has 2 heterocycles. The van der Waals surface area contributed by atoms with Crippen molar-refractivity contribution in [3.63, 3.8) is 0 Å². The quantitative estimate of drug-likeness (QED) is 0.472. The van der Waals surface area contributed by atoms with Gasteiger partial charge in [0.1, 0.15) is 5.76 Å². The Hall–Kier alpha value is -1.82. The van der Waals surface area contributed by atoms with E-state index in [1.165, 1.54) is 6.26 Å². The van der Waals surface area contributed by atoms with Crippen LogP contribution in [0.1, 0.15) is 41.8 Å². The fourth-order valence-corrected chi connectivity index (χ4v) is 2.12. The van der Waals surface area contributed by atoms with Gasteiger partial charge in [-0.15, -0.1) is 0 Å². The highest BCUT2D eigenvalue weighted by Gasteiger charge is 2.21. The van der Waals surface area contributed by atoms with Crippen LogP contribution in [0.2, 0.25) is 0 Å². The molecule has 1 aliphatic heterocycles. The van der Waals surface area contributed by atoms with Crippen LogP contribution in [-0.2, 0) is 11.3 Å². The number of nitrogen functional groups attached to an aromatic ring is 1. The summed E-state index contributed by atoms with van der Waals surface area (Å²) in [6.45, 7) is 1.04. The average Bonchev–Trinajstić information content (AvgIpc) is 2.74. The van der Waals surface area contributed by atoms with Gasteiger partial charge in [-0.05, 0) is 18.9 Å². The molecule has 0 aliphatic carbocycles. The van der Waals surface area contributed by atoms with Gasteiger partial charge in [-0.3, -0.25) is 15.0 Å². The molecule has 1 fully saturated rings. The van der Waals surface area contributed by atoms with Crippen molar-refractivity contribution in [2.75, 3.05) is 6.54 Å². The van der Waals surface area contributed by atoms with E-state index in [4.69, 9.17) is 10.3 Å². The Kier molecular flexibility index (Phi) is 3.99. The van der Waals surface area contributed by atoms with Crippen LogP contribution in [0.15, 0.2) is 16.7 Å². The molecule has 1 aliphatic rings. The zero-order valence-corrected chi connectivity index (χ0v) is 10.1. The second-order valence-electron chi connectivity index (χ2n) is 4.36. The summed E-state index contributed by atoms with van der Waals surface area (Å²) in [5.41, 5.74) is 2.45. The Morgan fingerprint density at radius 1 is 1.44 bits per heavy atom. The van der Waals surface area contributed by atoms with E-state index in [9.17, 15) is 9.59 Å². The number of furan rings is 1. The molecular formula is C12H17N3O3. The fraction of sp³-hybridized carbons (Fsp3) is 0.500. The Labute approximate surface area is 105 Å². The maximum Gasteiger partial charge on any atom is 0.268 e. The van der Waals surface area contributed by atoms with E-state index >= 15 is 0 Å². The van der Waals surface area contributed by atoms with Crippen LogP contribution < -0.4 is 11.3 Å². The zero-order valence-electron chi connectivity index (χ0n) is 10.1. The number of nitrogens with two attached hydrogens (primary N) is 1. The molecule has 18 heavy (non-hydrogen) atoms. The summed E-state index contributed by atoms with van der Waals surface area (Å²) < 4.78 is 5.27. The minimum absolute atomic E-state index is 0.114. The monoisotopic (exact) mass is 251 g/mol. The third-order valence-electron chi connectivity index (χ3n) is 3.13. The van der Waals surface area contributed by atoms with Gasteiger partial charge in [0.15, 0.2) is 0 Å². The summed E-state index contributed by atoms with van der Waals surface area (Å²) in [5.74, 6) is 5.29. The Balaban J connectivity index is 2.10. The molecule has 2 rings (SSSR count). The molecule has 0 atom stereocenters. The maximum absolute atomic E-state index is 11.9. The van der Waals surface area contributed by atoms with Crippen molar-refractivity contribution in [3.05, 3.63) is 23.7 Å². The van der Waals surface area contributed by atoms with Crippen molar-refractivity contribution in [1.29, 1.82) is 0 Å². The lowest BCUT2D eigenvalue weighted by molar-refractivity contribution is -0.131. The molecular weight excluding hydrogens is 234 g/mol. The molecule has 0 spiro atoms. The first kappa shape index (κ1) is 12.6. The normalized spacial score (nSPS) is 16.5. The van der Waals surface area contributed by atoms with Gasteiger partial charge in [-0.25, -0.2) is 5.84 Å².